The Hall–Kier alpha value is -1.04. The largest absolute Gasteiger partial charge is 0.0882 e. The Balaban J connectivity index is 2.38. The van der Waals surface area contributed by atoms with Crippen molar-refractivity contribution in [3.05, 3.63) is 48.6 Å². The first kappa shape index (κ1) is 10.0. The van der Waals surface area contributed by atoms with E-state index in [0.29, 0.717) is 0 Å². The maximum atomic E-state index is 3.20. The minimum Gasteiger partial charge on any atom is -0.0882 e. The second kappa shape index (κ2) is 7.60. The van der Waals surface area contributed by atoms with Gasteiger partial charge in [-0.1, -0.05) is 42.5 Å². The Labute approximate surface area is 81.4 Å². The summed E-state index contributed by atoms with van der Waals surface area (Å²) in [5, 5.41) is 0. The van der Waals surface area contributed by atoms with Gasteiger partial charge in [0.2, 0.25) is 0 Å². The molecule has 1 rings (SSSR count). The van der Waals surface area contributed by atoms with Crippen LogP contribution in [0.25, 0.3) is 0 Å². The lowest BCUT2D eigenvalue weighted by molar-refractivity contribution is 1.00. The van der Waals surface area contributed by atoms with E-state index in [2.05, 4.69) is 42.5 Å². The molecule has 0 saturated heterocycles. The number of hydrogen-bond donors (Lipinski definition) is 0. The van der Waals surface area contributed by atoms with Crippen molar-refractivity contribution in [2.45, 2.75) is 32.1 Å². The lowest BCUT2D eigenvalue weighted by atomic mass is 10.2. The van der Waals surface area contributed by atoms with E-state index < -0.39 is 0 Å². The molecule has 0 amide bonds. The van der Waals surface area contributed by atoms with Gasteiger partial charge in [-0.05, 0) is 38.2 Å². The molecule has 0 heteroatoms. The van der Waals surface area contributed by atoms with Gasteiger partial charge in [0.1, 0.15) is 0 Å². The first-order chi connectivity index (χ1) is 6.50. The summed E-state index contributed by atoms with van der Waals surface area (Å²) >= 11 is 0. The molecule has 0 saturated carbocycles. The summed E-state index contributed by atoms with van der Waals surface area (Å²) < 4.78 is 0. The molecule has 0 fully saturated rings. The maximum Gasteiger partial charge on any atom is -0.00946 e. The summed E-state index contributed by atoms with van der Waals surface area (Å²) in [5.41, 5.74) is 0. The van der Waals surface area contributed by atoms with Crippen LogP contribution in [0.5, 0.6) is 0 Å². The third-order valence-corrected chi connectivity index (χ3v) is 1.92. The third kappa shape index (κ3) is 6.15. The zero-order valence-corrected chi connectivity index (χ0v) is 8.08. The summed E-state index contributed by atoms with van der Waals surface area (Å²) in [5.74, 6) is 0. The van der Waals surface area contributed by atoms with E-state index in [-0.39, 0.29) is 0 Å². The first-order valence-electron chi connectivity index (χ1n) is 5.02. The molecule has 0 unspecified atom stereocenters. The molecule has 0 atom stereocenters. The van der Waals surface area contributed by atoms with Crippen LogP contribution in [0.2, 0.25) is 0 Å². The van der Waals surface area contributed by atoms with E-state index in [1.54, 1.807) is 0 Å². The minimum atomic E-state index is 0.939. The highest BCUT2D eigenvalue weighted by Gasteiger charge is 1.79. The van der Waals surface area contributed by atoms with Crippen molar-refractivity contribution in [2.75, 3.05) is 0 Å². The van der Waals surface area contributed by atoms with Gasteiger partial charge in [-0.25, -0.2) is 0 Å². The van der Waals surface area contributed by atoms with Crippen molar-refractivity contribution < 1.29 is 0 Å². The van der Waals surface area contributed by atoms with E-state index in [0.717, 1.165) is 25.7 Å². The first-order valence-corrected chi connectivity index (χ1v) is 5.02. The minimum absolute atomic E-state index is 0.939. The van der Waals surface area contributed by atoms with E-state index >= 15 is 0 Å². The fourth-order valence-electron chi connectivity index (χ4n) is 1.19. The second-order valence-corrected chi connectivity index (χ2v) is 3.10. The molecule has 0 nitrogen and oxygen atoms in total. The van der Waals surface area contributed by atoms with Crippen molar-refractivity contribution in [1.82, 2.24) is 0 Å². The number of rotatable bonds is 0. The topological polar surface area (TPSA) is 0 Å². The predicted molar refractivity (Wildman–Crippen MR) is 58.3 cm³/mol. The van der Waals surface area contributed by atoms with E-state index in [1.807, 2.05) is 6.08 Å². The third-order valence-electron chi connectivity index (χ3n) is 1.92. The Morgan fingerprint density at radius 2 is 1.31 bits per heavy atom. The average molecular weight is 173 g/mol. The van der Waals surface area contributed by atoms with Crippen LogP contribution in [0, 0.1) is 6.08 Å². The van der Waals surface area contributed by atoms with E-state index in [1.165, 1.54) is 6.42 Å². The summed E-state index contributed by atoms with van der Waals surface area (Å²) in [7, 11) is 0. The quantitative estimate of drug-likeness (QED) is 0.486. The van der Waals surface area contributed by atoms with Gasteiger partial charge in [0.15, 0.2) is 0 Å². The number of hydrogen-bond acceptors (Lipinski definition) is 0. The van der Waals surface area contributed by atoms with Gasteiger partial charge in [0.05, 0.1) is 0 Å². The molecular formula is C13H17. The molecule has 0 N–H and O–H groups in total. The Bertz CT molecular complexity index is 216. The van der Waals surface area contributed by atoms with Gasteiger partial charge in [-0.2, -0.15) is 0 Å². The van der Waals surface area contributed by atoms with Crippen LogP contribution in [0.4, 0.5) is 0 Å². The van der Waals surface area contributed by atoms with Gasteiger partial charge in [0, 0.05) is 0 Å². The van der Waals surface area contributed by atoms with Crippen LogP contribution in [0.1, 0.15) is 32.1 Å². The Morgan fingerprint density at radius 1 is 0.692 bits per heavy atom. The zero-order chi connectivity index (χ0) is 9.19. The lowest BCUT2D eigenvalue weighted by Crippen LogP contribution is -1.66. The Morgan fingerprint density at radius 3 is 2.08 bits per heavy atom. The van der Waals surface area contributed by atoms with Crippen LogP contribution in [0.15, 0.2) is 42.5 Å². The van der Waals surface area contributed by atoms with E-state index in [9.17, 15) is 0 Å². The van der Waals surface area contributed by atoms with Crippen molar-refractivity contribution in [2.24, 2.45) is 0 Å². The van der Waals surface area contributed by atoms with Gasteiger partial charge < -0.3 is 0 Å². The second-order valence-electron chi connectivity index (χ2n) is 3.10. The van der Waals surface area contributed by atoms with Gasteiger partial charge in [-0.15, -0.1) is 0 Å². The Kier molecular flexibility index (Phi) is 5.87. The molecule has 0 aromatic carbocycles. The summed E-state index contributed by atoms with van der Waals surface area (Å²) in [6.45, 7) is 0. The van der Waals surface area contributed by atoms with Crippen molar-refractivity contribution in [1.29, 1.82) is 0 Å². The van der Waals surface area contributed by atoms with Crippen LogP contribution in [0.3, 0.4) is 0 Å². The maximum absolute atomic E-state index is 3.20. The molecule has 1 aliphatic rings. The lowest BCUT2D eigenvalue weighted by Gasteiger charge is -1.87. The molecule has 1 radical (unpaired) electrons. The molecule has 0 bridgehead atoms. The van der Waals surface area contributed by atoms with Crippen LogP contribution >= 0.6 is 0 Å². The average Bonchev–Trinajstić information content (AvgIpc) is 2.18. The van der Waals surface area contributed by atoms with Gasteiger partial charge in [0.25, 0.3) is 0 Å². The number of allylic oxidation sites excluding steroid dienone is 8. The highest BCUT2D eigenvalue weighted by Crippen LogP contribution is 2.00. The monoisotopic (exact) mass is 173 g/mol. The van der Waals surface area contributed by atoms with Crippen molar-refractivity contribution in [3.8, 4) is 0 Å². The molecule has 69 valence electrons. The SMILES string of the molecule is [C]1=C/C=C\CC/C=C/CC/C=C/C/1. The fourth-order valence-corrected chi connectivity index (χ4v) is 1.19. The predicted octanol–water partition coefficient (Wildman–Crippen LogP) is 3.98. The molecular weight excluding hydrogens is 156 g/mol. The molecule has 0 heterocycles. The molecule has 13 heavy (non-hydrogen) atoms. The highest BCUT2D eigenvalue weighted by molar-refractivity contribution is 5.02. The van der Waals surface area contributed by atoms with Gasteiger partial charge >= 0.3 is 0 Å². The summed E-state index contributed by atoms with van der Waals surface area (Å²) in [4.78, 5) is 0. The van der Waals surface area contributed by atoms with Gasteiger partial charge in [-0.3, -0.25) is 0 Å². The van der Waals surface area contributed by atoms with Crippen molar-refractivity contribution >= 4 is 0 Å². The molecule has 0 aliphatic heterocycles. The standard InChI is InChI=1S/C13H17/c1-2-4-6-8-10-12-13-11-9-7-5-3-1/h1-3,8-11H,4,6-7,12-13H2/b2-1-,5-3?,10-8+,11-9+. The summed E-state index contributed by atoms with van der Waals surface area (Å²) in [6.07, 6.45) is 24.0. The molecule has 0 aromatic rings. The van der Waals surface area contributed by atoms with Crippen LogP contribution in [-0.2, 0) is 0 Å². The normalized spacial score (nSPS) is 28.9. The fraction of sp³-hybridized carbons (Fsp3) is 0.385. The zero-order valence-electron chi connectivity index (χ0n) is 8.08. The molecule has 1 aliphatic carbocycles. The van der Waals surface area contributed by atoms with Crippen LogP contribution < -0.4 is 0 Å². The smallest absolute Gasteiger partial charge is 0.00946 e. The van der Waals surface area contributed by atoms with Crippen LogP contribution in [-0.4, -0.2) is 0 Å². The molecule has 0 aromatic heterocycles. The molecule has 0 spiro atoms. The summed E-state index contributed by atoms with van der Waals surface area (Å²) in [6, 6.07) is 0. The van der Waals surface area contributed by atoms with Crippen molar-refractivity contribution in [3.63, 3.8) is 0 Å². The van der Waals surface area contributed by atoms with E-state index in [4.69, 9.17) is 0 Å². The highest BCUT2D eigenvalue weighted by atomic mass is 13.9.